The van der Waals surface area contributed by atoms with Crippen LogP contribution in [-0.4, -0.2) is 14.8 Å². The lowest BCUT2D eigenvalue weighted by Crippen LogP contribution is -1.98. The Hall–Kier alpha value is -2.69. The van der Waals surface area contributed by atoms with Crippen LogP contribution in [0.3, 0.4) is 0 Å². The van der Waals surface area contributed by atoms with Gasteiger partial charge < -0.3 is 5.73 Å². The largest absolute Gasteiger partial charge is 0.383 e. The molecule has 21 heavy (non-hydrogen) atoms. The van der Waals surface area contributed by atoms with E-state index in [1.807, 2.05) is 18.2 Å². The number of nitrogen functional groups attached to an aromatic ring is 1. The van der Waals surface area contributed by atoms with Gasteiger partial charge in [0.05, 0.1) is 11.3 Å². The van der Waals surface area contributed by atoms with Gasteiger partial charge in [0.25, 0.3) is 0 Å². The van der Waals surface area contributed by atoms with Crippen molar-refractivity contribution < 1.29 is 4.39 Å². The lowest BCUT2D eigenvalue weighted by molar-refractivity contribution is 0.618. The highest BCUT2D eigenvalue weighted by molar-refractivity contribution is 5.86. The van der Waals surface area contributed by atoms with Crippen LogP contribution < -0.4 is 5.73 Å². The molecule has 0 spiro atoms. The van der Waals surface area contributed by atoms with Crippen molar-refractivity contribution in [2.24, 2.45) is 7.05 Å². The molecule has 3 aromatic rings. The zero-order chi connectivity index (χ0) is 15.0. The monoisotopic (exact) mass is 282 g/mol. The van der Waals surface area contributed by atoms with Crippen LogP contribution in [0.1, 0.15) is 5.56 Å². The maximum atomic E-state index is 13.5. The van der Waals surface area contributed by atoms with E-state index in [1.54, 1.807) is 37.0 Å². The fourth-order valence-electron chi connectivity index (χ4n) is 2.29. The summed E-state index contributed by atoms with van der Waals surface area (Å²) in [6.45, 7) is 1.73. The van der Waals surface area contributed by atoms with E-state index in [-0.39, 0.29) is 5.82 Å². The van der Waals surface area contributed by atoms with Crippen LogP contribution in [-0.2, 0) is 7.05 Å². The summed E-state index contributed by atoms with van der Waals surface area (Å²) >= 11 is 0. The van der Waals surface area contributed by atoms with Crippen molar-refractivity contribution in [3.8, 4) is 22.5 Å². The fourth-order valence-corrected chi connectivity index (χ4v) is 2.29. The number of anilines is 1. The van der Waals surface area contributed by atoms with Crippen molar-refractivity contribution in [3.05, 3.63) is 54.0 Å². The van der Waals surface area contributed by atoms with E-state index in [0.29, 0.717) is 17.1 Å². The predicted octanol–water partition coefficient (Wildman–Crippen LogP) is 3.18. The van der Waals surface area contributed by atoms with Crippen LogP contribution in [0.2, 0.25) is 0 Å². The van der Waals surface area contributed by atoms with Gasteiger partial charge in [0.15, 0.2) is 0 Å². The smallest absolute Gasteiger partial charge is 0.131 e. The fraction of sp³-hybridized carbons (Fsp3) is 0.125. The van der Waals surface area contributed by atoms with Crippen LogP contribution in [0.15, 0.2) is 42.6 Å². The van der Waals surface area contributed by atoms with Crippen molar-refractivity contribution in [3.63, 3.8) is 0 Å². The average Bonchev–Trinajstić information content (AvgIpc) is 2.79. The first-order valence-corrected chi connectivity index (χ1v) is 6.58. The summed E-state index contributed by atoms with van der Waals surface area (Å²) in [5, 5.41) is 4.46. The molecule has 5 heteroatoms. The summed E-state index contributed by atoms with van der Waals surface area (Å²) in [4.78, 5) is 4.34. The van der Waals surface area contributed by atoms with E-state index < -0.39 is 0 Å². The van der Waals surface area contributed by atoms with Gasteiger partial charge in [-0.1, -0.05) is 6.07 Å². The van der Waals surface area contributed by atoms with Gasteiger partial charge in [-0.15, -0.1) is 0 Å². The zero-order valence-electron chi connectivity index (χ0n) is 11.8. The number of pyridine rings is 1. The molecule has 2 heterocycles. The van der Waals surface area contributed by atoms with Crippen molar-refractivity contribution in [1.82, 2.24) is 14.8 Å². The first-order chi connectivity index (χ1) is 10.1. The Morgan fingerprint density at radius 3 is 2.67 bits per heavy atom. The van der Waals surface area contributed by atoms with Crippen molar-refractivity contribution in [2.75, 3.05) is 5.73 Å². The minimum absolute atomic E-state index is 0.234. The molecule has 2 aromatic heterocycles. The second-order valence-electron chi connectivity index (χ2n) is 4.91. The van der Waals surface area contributed by atoms with Gasteiger partial charge in [-0.3, -0.25) is 9.67 Å². The third-order valence-corrected chi connectivity index (χ3v) is 3.44. The molecular formula is C16H15FN4. The van der Waals surface area contributed by atoms with E-state index in [0.717, 1.165) is 16.8 Å². The molecule has 0 radical (unpaired) electrons. The minimum Gasteiger partial charge on any atom is -0.383 e. The second-order valence-corrected chi connectivity index (χ2v) is 4.91. The quantitative estimate of drug-likeness (QED) is 0.785. The van der Waals surface area contributed by atoms with Crippen LogP contribution in [0, 0.1) is 12.7 Å². The summed E-state index contributed by atoms with van der Waals surface area (Å²) < 4.78 is 15.1. The Kier molecular flexibility index (Phi) is 3.17. The number of nitrogens with zero attached hydrogens (tertiary/aromatic N) is 3. The average molecular weight is 282 g/mol. The summed E-state index contributed by atoms with van der Waals surface area (Å²) in [7, 11) is 1.78. The van der Waals surface area contributed by atoms with E-state index in [1.165, 1.54) is 6.07 Å². The molecule has 0 bridgehead atoms. The van der Waals surface area contributed by atoms with Crippen molar-refractivity contribution in [2.45, 2.75) is 6.92 Å². The van der Waals surface area contributed by atoms with E-state index in [2.05, 4.69) is 10.1 Å². The SMILES string of the molecule is Cc1cc(-c2nn(C)c(N)c2-c2ccccn2)ccc1F. The topological polar surface area (TPSA) is 56.7 Å². The Balaban J connectivity index is 2.24. The van der Waals surface area contributed by atoms with Gasteiger partial charge >= 0.3 is 0 Å². The molecule has 0 atom stereocenters. The standard InChI is InChI=1S/C16H15FN4/c1-10-9-11(6-7-12(10)17)15-14(16(18)21(2)20-15)13-5-3-4-8-19-13/h3-9H,18H2,1-2H3. The molecule has 0 fully saturated rings. The van der Waals surface area contributed by atoms with Gasteiger partial charge in [0.2, 0.25) is 0 Å². The Morgan fingerprint density at radius 2 is 2.00 bits per heavy atom. The van der Waals surface area contributed by atoms with E-state index in [9.17, 15) is 4.39 Å². The number of halogens is 1. The molecule has 0 aliphatic rings. The molecule has 106 valence electrons. The predicted molar refractivity (Wildman–Crippen MR) is 81.0 cm³/mol. The zero-order valence-corrected chi connectivity index (χ0v) is 11.8. The maximum Gasteiger partial charge on any atom is 0.131 e. The Labute approximate surface area is 122 Å². The Bertz CT molecular complexity index is 794. The van der Waals surface area contributed by atoms with Crippen LogP contribution in [0.5, 0.6) is 0 Å². The van der Waals surface area contributed by atoms with Gasteiger partial charge in [-0.05, 0) is 42.8 Å². The van der Waals surface area contributed by atoms with Gasteiger partial charge in [0.1, 0.15) is 17.3 Å². The number of hydrogen-bond acceptors (Lipinski definition) is 3. The summed E-state index contributed by atoms with van der Waals surface area (Å²) in [6.07, 6.45) is 1.71. The van der Waals surface area contributed by atoms with Crippen LogP contribution in [0.4, 0.5) is 10.2 Å². The van der Waals surface area contributed by atoms with Crippen LogP contribution in [0.25, 0.3) is 22.5 Å². The van der Waals surface area contributed by atoms with Gasteiger partial charge in [0, 0.05) is 18.8 Å². The highest BCUT2D eigenvalue weighted by atomic mass is 19.1. The molecule has 0 unspecified atom stereocenters. The minimum atomic E-state index is -0.234. The first-order valence-electron chi connectivity index (χ1n) is 6.58. The van der Waals surface area contributed by atoms with Crippen molar-refractivity contribution >= 4 is 5.82 Å². The number of benzene rings is 1. The summed E-state index contributed by atoms with van der Waals surface area (Å²) in [5.74, 6) is 0.299. The van der Waals surface area contributed by atoms with E-state index >= 15 is 0 Å². The lowest BCUT2D eigenvalue weighted by atomic mass is 10.0. The molecule has 2 N–H and O–H groups in total. The molecule has 0 amide bonds. The number of nitrogens with two attached hydrogens (primary N) is 1. The third kappa shape index (κ3) is 2.27. The summed E-state index contributed by atoms with van der Waals surface area (Å²) in [5.41, 5.74) is 9.74. The second kappa shape index (κ2) is 5.01. The lowest BCUT2D eigenvalue weighted by Gasteiger charge is -2.05. The van der Waals surface area contributed by atoms with Gasteiger partial charge in [-0.2, -0.15) is 5.10 Å². The molecule has 3 rings (SSSR count). The van der Waals surface area contributed by atoms with E-state index in [4.69, 9.17) is 5.73 Å². The maximum absolute atomic E-state index is 13.5. The molecule has 0 aliphatic heterocycles. The van der Waals surface area contributed by atoms with Crippen molar-refractivity contribution in [1.29, 1.82) is 0 Å². The first kappa shape index (κ1) is 13.3. The molecule has 1 aromatic carbocycles. The highest BCUT2D eigenvalue weighted by Crippen LogP contribution is 2.35. The Morgan fingerprint density at radius 1 is 1.19 bits per heavy atom. The molecule has 0 saturated carbocycles. The number of rotatable bonds is 2. The number of hydrogen-bond donors (Lipinski definition) is 1. The molecule has 0 saturated heterocycles. The normalized spacial score (nSPS) is 10.8. The number of aryl methyl sites for hydroxylation is 2. The number of aromatic nitrogens is 3. The third-order valence-electron chi connectivity index (χ3n) is 3.44. The summed E-state index contributed by atoms with van der Waals surface area (Å²) in [6, 6.07) is 10.5. The molecule has 0 aliphatic carbocycles. The highest BCUT2D eigenvalue weighted by Gasteiger charge is 2.18. The van der Waals surface area contributed by atoms with Gasteiger partial charge in [-0.25, -0.2) is 4.39 Å². The van der Waals surface area contributed by atoms with Crippen LogP contribution >= 0.6 is 0 Å². The molecular weight excluding hydrogens is 267 g/mol. The molecule has 4 nitrogen and oxygen atoms in total.